The molecule has 0 radical (unpaired) electrons. The summed E-state index contributed by atoms with van der Waals surface area (Å²) in [6.07, 6.45) is -7.02. The molecule has 0 aromatic heterocycles. The summed E-state index contributed by atoms with van der Waals surface area (Å²) in [6.45, 7) is 1.10. The first-order valence-electron chi connectivity index (χ1n) is 16.5. The monoisotopic (exact) mass is 815 g/mol. The SMILES string of the molecule is CS(=O)(=O)c1ccc(-c2cc(C(F)(F)F)ccc2CCC(=O)O)c(Cl)c1.O=C(O)CCc1ccc(C(F)(F)F)cc1-c1ccc(C(=O)N2CCCC2)c(F)c1. The zero-order valence-corrected chi connectivity index (χ0v) is 30.5. The van der Waals surface area contributed by atoms with Crippen LogP contribution in [-0.4, -0.2) is 60.7 Å². The van der Waals surface area contributed by atoms with E-state index < -0.39 is 57.0 Å². The number of nitrogens with zero attached hydrogens (tertiary/aromatic N) is 1. The van der Waals surface area contributed by atoms with Crippen molar-refractivity contribution < 1.29 is 63.7 Å². The van der Waals surface area contributed by atoms with Gasteiger partial charge in [0.15, 0.2) is 9.84 Å². The van der Waals surface area contributed by atoms with Crippen molar-refractivity contribution in [1.29, 1.82) is 0 Å². The molecule has 2 N–H and O–H groups in total. The van der Waals surface area contributed by atoms with E-state index in [0.29, 0.717) is 24.2 Å². The van der Waals surface area contributed by atoms with Gasteiger partial charge in [0, 0.05) is 42.8 Å². The minimum atomic E-state index is -4.59. The summed E-state index contributed by atoms with van der Waals surface area (Å²) in [5, 5.41) is 17.7. The number of sulfone groups is 1. The lowest BCUT2D eigenvalue weighted by atomic mass is 9.93. The van der Waals surface area contributed by atoms with Crippen molar-refractivity contribution >= 4 is 39.3 Å². The number of carbonyl (C=O) groups is 3. The Morgan fingerprint density at radius 3 is 1.67 bits per heavy atom. The maximum Gasteiger partial charge on any atom is 0.416 e. The normalized spacial score (nSPS) is 13.3. The maximum absolute atomic E-state index is 14.7. The molecule has 1 heterocycles. The molecule has 294 valence electrons. The van der Waals surface area contributed by atoms with Crippen LogP contribution in [0.15, 0.2) is 77.7 Å². The fourth-order valence-electron chi connectivity index (χ4n) is 5.84. The molecule has 0 atom stereocenters. The number of carboxylic acid groups (broad SMARTS) is 2. The summed E-state index contributed by atoms with van der Waals surface area (Å²) in [4.78, 5) is 35.6. The molecule has 0 aliphatic carbocycles. The lowest BCUT2D eigenvalue weighted by Gasteiger charge is -2.17. The summed E-state index contributed by atoms with van der Waals surface area (Å²) in [5.41, 5.74) is -0.648. The molecule has 0 saturated carbocycles. The lowest BCUT2D eigenvalue weighted by molar-refractivity contribution is -0.138. The first-order chi connectivity index (χ1) is 25.6. The molecule has 55 heavy (non-hydrogen) atoms. The number of halogens is 8. The van der Waals surface area contributed by atoms with E-state index in [1.807, 2.05) is 0 Å². The van der Waals surface area contributed by atoms with Gasteiger partial charge in [-0.25, -0.2) is 12.8 Å². The summed E-state index contributed by atoms with van der Waals surface area (Å²) < 4.78 is 116. The Morgan fingerprint density at radius 2 is 1.22 bits per heavy atom. The standard InChI is InChI=1S/C21H19F4NO3.C17H14ClF3O4S/c22-18-11-14(4-7-16(18)20(29)26-9-1-2-10-26)17-12-15(21(23,24)25)6-3-13(17)5-8-19(27)28;1-26(24,25)12-5-6-13(15(18)9-12)14-8-11(17(19,20)21)4-2-10(14)3-7-16(22)23/h3-4,6-7,11-12H,1-2,5,8-10H2,(H,27,28);2,4-6,8-9H,3,7H2,1H3,(H,22,23). The Hall–Kier alpha value is -4.96. The fraction of sp³-hybridized carbons (Fsp3) is 0.289. The van der Waals surface area contributed by atoms with Gasteiger partial charge < -0.3 is 15.1 Å². The molecule has 1 aliphatic heterocycles. The number of aryl methyl sites for hydroxylation is 2. The van der Waals surface area contributed by atoms with Crippen molar-refractivity contribution in [2.75, 3.05) is 19.3 Å². The summed E-state index contributed by atoms with van der Waals surface area (Å²) in [7, 11) is -3.53. The predicted molar refractivity (Wildman–Crippen MR) is 189 cm³/mol. The number of benzene rings is 4. The van der Waals surface area contributed by atoms with E-state index >= 15 is 0 Å². The second-order valence-electron chi connectivity index (χ2n) is 12.6. The van der Waals surface area contributed by atoms with Crippen LogP contribution >= 0.6 is 11.6 Å². The van der Waals surface area contributed by atoms with Crippen LogP contribution in [0.4, 0.5) is 30.7 Å². The van der Waals surface area contributed by atoms with E-state index in [1.165, 1.54) is 36.4 Å². The van der Waals surface area contributed by atoms with Crippen LogP contribution in [0.5, 0.6) is 0 Å². The minimum absolute atomic E-state index is 0.00111. The average Bonchev–Trinajstić information content (AvgIpc) is 3.64. The van der Waals surface area contributed by atoms with Gasteiger partial charge >= 0.3 is 24.3 Å². The van der Waals surface area contributed by atoms with E-state index in [0.717, 1.165) is 55.5 Å². The molecule has 0 spiro atoms. The Bertz CT molecular complexity index is 2200. The van der Waals surface area contributed by atoms with Gasteiger partial charge in [0.25, 0.3) is 5.91 Å². The van der Waals surface area contributed by atoms with Gasteiger partial charge in [0.2, 0.25) is 0 Å². The average molecular weight is 816 g/mol. The Morgan fingerprint density at radius 1 is 0.709 bits per heavy atom. The number of aliphatic carboxylic acids is 2. The first kappa shape index (κ1) is 42.8. The minimum Gasteiger partial charge on any atom is -0.481 e. The molecule has 1 fully saturated rings. The number of carboxylic acids is 2. The summed E-state index contributed by atoms with van der Waals surface area (Å²) in [5.74, 6) is -3.44. The molecular weight excluding hydrogens is 783 g/mol. The van der Waals surface area contributed by atoms with Crippen LogP contribution in [0.3, 0.4) is 0 Å². The van der Waals surface area contributed by atoms with Crippen molar-refractivity contribution in [1.82, 2.24) is 4.90 Å². The Balaban J connectivity index is 0.000000246. The molecule has 1 amide bonds. The highest BCUT2D eigenvalue weighted by atomic mass is 35.5. The van der Waals surface area contributed by atoms with Crippen LogP contribution in [0.2, 0.25) is 5.02 Å². The van der Waals surface area contributed by atoms with Gasteiger partial charge in [0.1, 0.15) is 5.82 Å². The summed E-state index contributed by atoms with van der Waals surface area (Å²) >= 11 is 6.11. The van der Waals surface area contributed by atoms with Gasteiger partial charge in [0.05, 0.1) is 21.6 Å². The van der Waals surface area contributed by atoms with E-state index in [1.54, 1.807) is 4.90 Å². The van der Waals surface area contributed by atoms with Crippen LogP contribution in [0.1, 0.15) is 58.3 Å². The molecular formula is C38H33ClF7NO7S. The van der Waals surface area contributed by atoms with Crippen molar-refractivity contribution in [2.24, 2.45) is 0 Å². The molecule has 0 unspecified atom stereocenters. The largest absolute Gasteiger partial charge is 0.481 e. The lowest BCUT2D eigenvalue weighted by Crippen LogP contribution is -2.28. The third-order valence-electron chi connectivity index (χ3n) is 8.65. The zero-order chi connectivity index (χ0) is 40.9. The smallest absolute Gasteiger partial charge is 0.416 e. The van der Waals surface area contributed by atoms with Gasteiger partial charge in [-0.3, -0.25) is 14.4 Å². The molecule has 1 aliphatic rings. The van der Waals surface area contributed by atoms with E-state index in [2.05, 4.69) is 0 Å². The number of likely N-dealkylation sites (tertiary alicyclic amines) is 1. The fourth-order valence-corrected chi connectivity index (χ4v) is 6.83. The van der Waals surface area contributed by atoms with Gasteiger partial charge in [-0.2, -0.15) is 26.3 Å². The molecule has 1 saturated heterocycles. The van der Waals surface area contributed by atoms with Crippen molar-refractivity contribution in [3.63, 3.8) is 0 Å². The van der Waals surface area contributed by atoms with Crippen molar-refractivity contribution in [3.05, 3.63) is 111 Å². The van der Waals surface area contributed by atoms with Crippen LogP contribution < -0.4 is 0 Å². The number of hydrogen-bond acceptors (Lipinski definition) is 5. The topological polar surface area (TPSA) is 129 Å². The first-order valence-corrected chi connectivity index (χ1v) is 18.8. The third-order valence-corrected chi connectivity index (χ3v) is 10.1. The highest BCUT2D eigenvalue weighted by Gasteiger charge is 2.32. The predicted octanol–water partition coefficient (Wildman–Crippen LogP) is 9.21. The third kappa shape index (κ3) is 11.3. The molecule has 4 aromatic rings. The molecule has 0 bridgehead atoms. The highest BCUT2D eigenvalue weighted by Crippen LogP contribution is 2.38. The number of amides is 1. The Labute approximate surface area is 316 Å². The molecule has 4 aromatic carbocycles. The maximum atomic E-state index is 14.7. The van der Waals surface area contributed by atoms with E-state index in [-0.39, 0.29) is 63.4 Å². The summed E-state index contributed by atoms with van der Waals surface area (Å²) in [6, 6.07) is 13.4. The second kappa shape index (κ2) is 17.2. The van der Waals surface area contributed by atoms with Crippen molar-refractivity contribution in [3.8, 4) is 22.3 Å². The van der Waals surface area contributed by atoms with Gasteiger partial charge in [-0.1, -0.05) is 35.9 Å². The second-order valence-corrected chi connectivity index (χ2v) is 15.1. The van der Waals surface area contributed by atoms with E-state index in [9.17, 15) is 53.5 Å². The van der Waals surface area contributed by atoms with Gasteiger partial charge in [-0.15, -0.1) is 0 Å². The number of carbonyl (C=O) groups excluding carboxylic acids is 1. The van der Waals surface area contributed by atoms with Gasteiger partial charge in [-0.05, 0) is 102 Å². The number of rotatable bonds is 10. The Kier molecular flexibility index (Phi) is 13.4. The van der Waals surface area contributed by atoms with E-state index in [4.69, 9.17) is 21.8 Å². The van der Waals surface area contributed by atoms with Crippen LogP contribution in [-0.2, 0) is 44.6 Å². The number of alkyl halides is 6. The zero-order valence-electron chi connectivity index (χ0n) is 28.9. The quantitative estimate of drug-likeness (QED) is 0.153. The van der Waals surface area contributed by atoms with Crippen LogP contribution in [0.25, 0.3) is 22.3 Å². The molecule has 5 rings (SSSR count). The highest BCUT2D eigenvalue weighted by molar-refractivity contribution is 7.90. The van der Waals surface area contributed by atoms with Crippen molar-refractivity contribution in [2.45, 2.75) is 55.8 Å². The molecule has 8 nitrogen and oxygen atoms in total. The molecule has 17 heteroatoms. The van der Waals surface area contributed by atoms with Crippen LogP contribution in [0, 0.1) is 5.82 Å². The number of hydrogen-bond donors (Lipinski definition) is 2.